The van der Waals surface area contributed by atoms with Crippen LogP contribution in [0, 0.1) is 12.8 Å². The summed E-state index contributed by atoms with van der Waals surface area (Å²) in [7, 11) is 0. The van der Waals surface area contributed by atoms with Crippen LogP contribution in [0.1, 0.15) is 31.9 Å². The SMILES string of the molecule is CC(=O)Nc1ccc(C2=C(Nc3cccc(C)c3)C(=O)N(CC(C)C)C2=O)cc1. The van der Waals surface area contributed by atoms with Gasteiger partial charge in [0.15, 0.2) is 0 Å². The minimum absolute atomic E-state index is 0.157. The van der Waals surface area contributed by atoms with Gasteiger partial charge in [-0.3, -0.25) is 19.3 Å². The molecule has 0 fully saturated rings. The van der Waals surface area contributed by atoms with Gasteiger partial charge in [-0.15, -0.1) is 0 Å². The second-order valence-electron chi connectivity index (χ2n) is 7.62. The molecule has 0 atom stereocenters. The van der Waals surface area contributed by atoms with E-state index in [-0.39, 0.29) is 29.3 Å². The van der Waals surface area contributed by atoms with Gasteiger partial charge >= 0.3 is 0 Å². The Labute approximate surface area is 170 Å². The van der Waals surface area contributed by atoms with E-state index >= 15 is 0 Å². The molecule has 29 heavy (non-hydrogen) atoms. The Bertz CT molecular complexity index is 991. The first-order valence-corrected chi connectivity index (χ1v) is 9.58. The predicted molar refractivity (Wildman–Crippen MR) is 114 cm³/mol. The molecule has 0 saturated carbocycles. The van der Waals surface area contributed by atoms with E-state index in [0.29, 0.717) is 23.4 Å². The fourth-order valence-corrected chi connectivity index (χ4v) is 3.28. The molecule has 0 saturated heterocycles. The van der Waals surface area contributed by atoms with Gasteiger partial charge in [0, 0.05) is 24.8 Å². The lowest BCUT2D eigenvalue weighted by atomic mass is 10.0. The standard InChI is InChI=1S/C23H25N3O3/c1-14(2)13-26-22(28)20(17-8-10-18(11-9-17)24-16(4)27)21(23(26)29)25-19-7-5-6-15(3)12-19/h5-12,14,25H,13H2,1-4H3,(H,24,27). The maximum absolute atomic E-state index is 13.1. The number of benzene rings is 2. The van der Waals surface area contributed by atoms with Crippen molar-refractivity contribution in [3.63, 3.8) is 0 Å². The number of nitrogens with zero attached hydrogens (tertiary/aromatic N) is 1. The maximum Gasteiger partial charge on any atom is 0.278 e. The lowest BCUT2D eigenvalue weighted by molar-refractivity contribution is -0.137. The van der Waals surface area contributed by atoms with Crippen molar-refractivity contribution in [1.82, 2.24) is 4.90 Å². The Hall–Kier alpha value is -3.41. The van der Waals surface area contributed by atoms with E-state index < -0.39 is 0 Å². The molecule has 1 aliphatic heterocycles. The molecule has 0 aliphatic carbocycles. The summed E-state index contributed by atoms with van der Waals surface area (Å²) in [6.07, 6.45) is 0. The fraction of sp³-hybridized carbons (Fsp3) is 0.261. The number of aryl methyl sites for hydroxylation is 1. The zero-order valence-corrected chi connectivity index (χ0v) is 17.1. The number of anilines is 2. The molecule has 1 heterocycles. The maximum atomic E-state index is 13.1. The van der Waals surface area contributed by atoms with Gasteiger partial charge in [0.25, 0.3) is 11.8 Å². The van der Waals surface area contributed by atoms with Gasteiger partial charge in [0.2, 0.25) is 5.91 Å². The van der Waals surface area contributed by atoms with E-state index in [1.807, 2.05) is 45.0 Å². The number of rotatable bonds is 6. The number of carbonyl (C=O) groups is 3. The second-order valence-corrected chi connectivity index (χ2v) is 7.62. The van der Waals surface area contributed by atoms with Crippen LogP contribution in [0.25, 0.3) is 5.57 Å². The normalized spacial score (nSPS) is 14.0. The molecule has 6 heteroatoms. The van der Waals surface area contributed by atoms with Crippen LogP contribution in [0.5, 0.6) is 0 Å². The molecule has 0 unspecified atom stereocenters. The van der Waals surface area contributed by atoms with Crippen molar-refractivity contribution in [2.75, 3.05) is 17.2 Å². The number of hydrogen-bond donors (Lipinski definition) is 2. The summed E-state index contributed by atoms with van der Waals surface area (Å²) >= 11 is 0. The van der Waals surface area contributed by atoms with Crippen molar-refractivity contribution in [1.29, 1.82) is 0 Å². The van der Waals surface area contributed by atoms with Gasteiger partial charge in [0.05, 0.1) is 5.57 Å². The zero-order valence-electron chi connectivity index (χ0n) is 17.1. The molecule has 3 amide bonds. The molecule has 2 N–H and O–H groups in total. The third-order valence-corrected chi connectivity index (χ3v) is 4.50. The molecule has 2 aromatic carbocycles. The summed E-state index contributed by atoms with van der Waals surface area (Å²) in [5.41, 5.74) is 3.66. The van der Waals surface area contributed by atoms with Gasteiger partial charge in [-0.1, -0.05) is 38.1 Å². The van der Waals surface area contributed by atoms with Crippen LogP contribution < -0.4 is 10.6 Å². The predicted octanol–water partition coefficient (Wildman–Crippen LogP) is 3.80. The lowest BCUT2D eigenvalue weighted by Crippen LogP contribution is -2.35. The average molecular weight is 391 g/mol. The first-order chi connectivity index (χ1) is 13.8. The van der Waals surface area contributed by atoms with Crippen molar-refractivity contribution in [3.8, 4) is 0 Å². The van der Waals surface area contributed by atoms with Crippen LogP contribution in [0.4, 0.5) is 11.4 Å². The van der Waals surface area contributed by atoms with Gasteiger partial charge in [-0.25, -0.2) is 0 Å². The number of hydrogen-bond acceptors (Lipinski definition) is 4. The fourth-order valence-electron chi connectivity index (χ4n) is 3.28. The Morgan fingerprint density at radius 3 is 2.28 bits per heavy atom. The summed E-state index contributed by atoms with van der Waals surface area (Å²) in [4.78, 5) is 38.7. The molecule has 0 radical (unpaired) electrons. The minimum atomic E-state index is -0.328. The van der Waals surface area contributed by atoms with Crippen molar-refractivity contribution < 1.29 is 14.4 Å². The Morgan fingerprint density at radius 2 is 1.69 bits per heavy atom. The van der Waals surface area contributed by atoms with E-state index in [1.165, 1.54) is 11.8 Å². The first kappa shape index (κ1) is 20.3. The Morgan fingerprint density at radius 1 is 1.00 bits per heavy atom. The highest BCUT2D eigenvalue weighted by atomic mass is 16.2. The van der Waals surface area contributed by atoms with Gasteiger partial charge in [0.1, 0.15) is 5.70 Å². The van der Waals surface area contributed by atoms with E-state index in [1.54, 1.807) is 24.3 Å². The van der Waals surface area contributed by atoms with E-state index in [9.17, 15) is 14.4 Å². The third-order valence-electron chi connectivity index (χ3n) is 4.50. The highest BCUT2D eigenvalue weighted by Crippen LogP contribution is 2.31. The van der Waals surface area contributed by atoms with Crippen LogP contribution in [-0.2, 0) is 14.4 Å². The van der Waals surface area contributed by atoms with Gasteiger partial charge in [-0.2, -0.15) is 0 Å². The number of imide groups is 1. The zero-order chi connectivity index (χ0) is 21.1. The van der Waals surface area contributed by atoms with Crippen LogP contribution >= 0.6 is 0 Å². The molecule has 6 nitrogen and oxygen atoms in total. The van der Waals surface area contributed by atoms with Crippen molar-refractivity contribution in [3.05, 3.63) is 65.4 Å². The monoisotopic (exact) mass is 391 g/mol. The average Bonchev–Trinajstić information content (AvgIpc) is 2.86. The van der Waals surface area contributed by atoms with Crippen molar-refractivity contribution in [2.24, 2.45) is 5.92 Å². The summed E-state index contributed by atoms with van der Waals surface area (Å²) in [5.74, 6) is -0.657. The smallest absolute Gasteiger partial charge is 0.278 e. The topological polar surface area (TPSA) is 78.5 Å². The quantitative estimate of drug-likeness (QED) is 0.734. The Balaban J connectivity index is 2.02. The summed E-state index contributed by atoms with van der Waals surface area (Å²) in [6, 6.07) is 14.6. The van der Waals surface area contributed by atoms with E-state index in [4.69, 9.17) is 0 Å². The van der Waals surface area contributed by atoms with E-state index in [0.717, 1.165) is 11.3 Å². The van der Waals surface area contributed by atoms with Gasteiger partial charge < -0.3 is 10.6 Å². The number of carbonyl (C=O) groups excluding carboxylic acids is 3. The summed E-state index contributed by atoms with van der Waals surface area (Å²) < 4.78 is 0. The van der Waals surface area contributed by atoms with E-state index in [2.05, 4.69) is 10.6 Å². The minimum Gasteiger partial charge on any atom is -0.350 e. The molecule has 1 aliphatic rings. The molecule has 0 bridgehead atoms. The number of amides is 3. The van der Waals surface area contributed by atoms with Crippen LogP contribution in [0.2, 0.25) is 0 Å². The highest BCUT2D eigenvalue weighted by molar-refractivity contribution is 6.36. The molecule has 150 valence electrons. The largest absolute Gasteiger partial charge is 0.350 e. The third kappa shape index (κ3) is 4.54. The molecule has 2 aromatic rings. The molecule has 0 spiro atoms. The van der Waals surface area contributed by atoms with Gasteiger partial charge in [-0.05, 0) is 48.2 Å². The molecular weight excluding hydrogens is 366 g/mol. The molecule has 3 rings (SSSR count). The van der Waals surface area contributed by atoms with Crippen LogP contribution in [-0.4, -0.2) is 29.2 Å². The highest BCUT2D eigenvalue weighted by Gasteiger charge is 2.39. The first-order valence-electron chi connectivity index (χ1n) is 9.58. The van der Waals surface area contributed by atoms with Crippen molar-refractivity contribution >= 4 is 34.7 Å². The summed E-state index contributed by atoms with van der Waals surface area (Å²) in [6.45, 7) is 7.68. The lowest BCUT2D eigenvalue weighted by Gasteiger charge is -2.17. The van der Waals surface area contributed by atoms with Crippen molar-refractivity contribution in [2.45, 2.75) is 27.7 Å². The number of nitrogens with one attached hydrogen (secondary N) is 2. The van der Waals surface area contributed by atoms with Crippen LogP contribution in [0.15, 0.2) is 54.2 Å². The summed E-state index contributed by atoms with van der Waals surface area (Å²) in [5, 5.41) is 5.86. The Kier molecular flexibility index (Phi) is 5.82. The molecular formula is C23H25N3O3. The molecule has 0 aromatic heterocycles. The second kappa shape index (κ2) is 8.31. The van der Waals surface area contributed by atoms with Crippen LogP contribution in [0.3, 0.4) is 0 Å².